The monoisotopic (exact) mass is 251 g/mol. The number of ether oxygens (including phenoxy) is 2. The van der Waals surface area contributed by atoms with Gasteiger partial charge < -0.3 is 19.9 Å². The van der Waals surface area contributed by atoms with Gasteiger partial charge in [-0.3, -0.25) is 0 Å². The van der Waals surface area contributed by atoms with Crippen LogP contribution >= 0.6 is 0 Å². The molecule has 4 heteroatoms. The first-order valence-corrected chi connectivity index (χ1v) is 6.44. The minimum atomic E-state index is 0.0188. The zero-order chi connectivity index (χ0) is 12.8. The van der Waals surface area contributed by atoms with Gasteiger partial charge in [0.2, 0.25) is 0 Å². The van der Waals surface area contributed by atoms with Gasteiger partial charge >= 0.3 is 0 Å². The van der Waals surface area contributed by atoms with Gasteiger partial charge in [-0.25, -0.2) is 0 Å². The molecule has 0 unspecified atom stereocenters. The Morgan fingerprint density at radius 3 is 2.72 bits per heavy atom. The van der Waals surface area contributed by atoms with E-state index in [4.69, 9.17) is 14.6 Å². The highest BCUT2D eigenvalue weighted by Gasteiger charge is 2.14. The molecule has 18 heavy (non-hydrogen) atoms. The van der Waals surface area contributed by atoms with Crippen LogP contribution in [-0.2, 0) is 6.61 Å². The smallest absolute Gasteiger partial charge is 0.161 e. The Balaban J connectivity index is 1.95. The number of benzene rings is 1. The summed E-state index contributed by atoms with van der Waals surface area (Å²) in [6, 6.07) is 5.55. The number of hydrogen-bond donors (Lipinski definition) is 2. The molecule has 1 fully saturated rings. The van der Waals surface area contributed by atoms with Gasteiger partial charge in [0.25, 0.3) is 0 Å². The van der Waals surface area contributed by atoms with Crippen LogP contribution in [0, 0.1) is 5.92 Å². The lowest BCUT2D eigenvalue weighted by Gasteiger charge is -2.23. The van der Waals surface area contributed by atoms with Gasteiger partial charge in [-0.1, -0.05) is 6.07 Å². The second-order valence-corrected chi connectivity index (χ2v) is 4.65. The molecule has 0 aromatic heterocycles. The molecule has 2 rings (SSSR count). The third-order valence-corrected chi connectivity index (χ3v) is 3.34. The molecule has 0 amide bonds. The number of nitrogens with one attached hydrogen (secondary N) is 1. The highest BCUT2D eigenvalue weighted by Crippen LogP contribution is 2.29. The number of aliphatic hydroxyl groups excluding tert-OH is 1. The Morgan fingerprint density at radius 1 is 1.28 bits per heavy atom. The Labute approximate surface area is 108 Å². The maximum absolute atomic E-state index is 9.08. The largest absolute Gasteiger partial charge is 0.493 e. The van der Waals surface area contributed by atoms with Crippen molar-refractivity contribution in [2.24, 2.45) is 5.92 Å². The van der Waals surface area contributed by atoms with Gasteiger partial charge in [-0.05, 0) is 49.5 Å². The Morgan fingerprint density at radius 2 is 2.06 bits per heavy atom. The second-order valence-electron chi connectivity index (χ2n) is 4.65. The minimum Gasteiger partial charge on any atom is -0.493 e. The van der Waals surface area contributed by atoms with E-state index in [1.54, 1.807) is 7.11 Å². The van der Waals surface area contributed by atoms with Gasteiger partial charge in [-0.15, -0.1) is 0 Å². The summed E-state index contributed by atoms with van der Waals surface area (Å²) in [5.41, 5.74) is 0.834. The van der Waals surface area contributed by atoms with Gasteiger partial charge in [0.05, 0.1) is 20.3 Å². The van der Waals surface area contributed by atoms with Crippen molar-refractivity contribution in [2.45, 2.75) is 19.4 Å². The summed E-state index contributed by atoms with van der Waals surface area (Å²) in [5.74, 6) is 2.07. The van der Waals surface area contributed by atoms with Gasteiger partial charge in [0.15, 0.2) is 11.5 Å². The number of rotatable bonds is 5. The van der Waals surface area contributed by atoms with E-state index in [1.807, 2.05) is 18.2 Å². The summed E-state index contributed by atoms with van der Waals surface area (Å²) in [6.07, 6.45) is 2.33. The lowest BCUT2D eigenvalue weighted by atomic mass is 9.99. The molecule has 1 aliphatic heterocycles. The van der Waals surface area contributed by atoms with E-state index in [-0.39, 0.29) is 6.61 Å². The Hall–Kier alpha value is -1.26. The summed E-state index contributed by atoms with van der Waals surface area (Å²) >= 11 is 0. The first-order valence-electron chi connectivity index (χ1n) is 6.44. The van der Waals surface area contributed by atoms with Crippen molar-refractivity contribution in [1.29, 1.82) is 0 Å². The maximum atomic E-state index is 9.08. The van der Waals surface area contributed by atoms with Crippen LogP contribution < -0.4 is 14.8 Å². The first kappa shape index (κ1) is 13.2. The topological polar surface area (TPSA) is 50.7 Å². The fraction of sp³-hybridized carbons (Fsp3) is 0.571. The fourth-order valence-electron chi connectivity index (χ4n) is 2.19. The molecular weight excluding hydrogens is 230 g/mol. The molecule has 1 aromatic carbocycles. The molecule has 0 saturated carbocycles. The molecule has 1 aromatic rings. The minimum absolute atomic E-state index is 0.0188. The van der Waals surface area contributed by atoms with Crippen LogP contribution in [0.15, 0.2) is 18.2 Å². The van der Waals surface area contributed by atoms with Crippen LogP contribution in [0.3, 0.4) is 0 Å². The highest BCUT2D eigenvalue weighted by atomic mass is 16.5. The van der Waals surface area contributed by atoms with E-state index in [2.05, 4.69) is 5.32 Å². The number of hydrogen-bond acceptors (Lipinski definition) is 4. The molecule has 0 radical (unpaired) electrons. The van der Waals surface area contributed by atoms with Crippen molar-refractivity contribution in [2.75, 3.05) is 26.8 Å². The normalized spacial score (nSPS) is 16.6. The Kier molecular flexibility index (Phi) is 4.84. The van der Waals surface area contributed by atoms with Crippen molar-refractivity contribution < 1.29 is 14.6 Å². The van der Waals surface area contributed by atoms with Crippen LogP contribution in [0.4, 0.5) is 0 Å². The molecule has 1 aliphatic rings. The predicted molar refractivity (Wildman–Crippen MR) is 70.0 cm³/mol. The van der Waals surface area contributed by atoms with Crippen molar-refractivity contribution in [3.63, 3.8) is 0 Å². The van der Waals surface area contributed by atoms with Crippen molar-refractivity contribution in [3.8, 4) is 11.5 Å². The molecular formula is C14H21NO3. The zero-order valence-electron chi connectivity index (χ0n) is 10.8. The molecule has 0 bridgehead atoms. The number of aliphatic hydroxyl groups is 1. The molecule has 1 saturated heterocycles. The van der Waals surface area contributed by atoms with Gasteiger partial charge in [0.1, 0.15) is 0 Å². The summed E-state index contributed by atoms with van der Waals surface area (Å²) in [5, 5.41) is 12.4. The van der Waals surface area contributed by atoms with Crippen molar-refractivity contribution in [1.82, 2.24) is 5.32 Å². The lowest BCUT2D eigenvalue weighted by Crippen LogP contribution is -2.30. The van der Waals surface area contributed by atoms with Crippen LogP contribution in [0.25, 0.3) is 0 Å². The summed E-state index contributed by atoms with van der Waals surface area (Å²) in [4.78, 5) is 0. The molecule has 0 spiro atoms. The number of methoxy groups -OCH3 is 1. The molecule has 0 aliphatic carbocycles. The summed E-state index contributed by atoms with van der Waals surface area (Å²) in [7, 11) is 1.62. The zero-order valence-corrected chi connectivity index (χ0v) is 10.8. The van der Waals surface area contributed by atoms with Crippen LogP contribution in [0.2, 0.25) is 0 Å². The Bertz CT molecular complexity index is 375. The fourth-order valence-corrected chi connectivity index (χ4v) is 2.19. The third kappa shape index (κ3) is 3.37. The van der Waals surface area contributed by atoms with Crippen molar-refractivity contribution >= 4 is 0 Å². The van der Waals surface area contributed by atoms with E-state index in [9.17, 15) is 0 Å². The quantitative estimate of drug-likeness (QED) is 0.834. The molecule has 0 atom stereocenters. The summed E-state index contributed by atoms with van der Waals surface area (Å²) in [6.45, 7) is 2.91. The first-order chi connectivity index (χ1) is 8.83. The molecule has 100 valence electrons. The maximum Gasteiger partial charge on any atom is 0.161 e. The molecule has 1 heterocycles. The van der Waals surface area contributed by atoms with Crippen LogP contribution in [0.1, 0.15) is 18.4 Å². The average Bonchev–Trinajstić information content (AvgIpc) is 2.46. The molecule has 2 N–H and O–H groups in total. The van der Waals surface area contributed by atoms with Gasteiger partial charge in [-0.2, -0.15) is 0 Å². The summed E-state index contributed by atoms with van der Waals surface area (Å²) < 4.78 is 11.1. The number of piperidine rings is 1. The average molecular weight is 251 g/mol. The van der Waals surface area contributed by atoms with E-state index >= 15 is 0 Å². The van der Waals surface area contributed by atoms with E-state index < -0.39 is 0 Å². The van der Waals surface area contributed by atoms with E-state index in [0.29, 0.717) is 11.7 Å². The van der Waals surface area contributed by atoms with Crippen LogP contribution in [0.5, 0.6) is 11.5 Å². The van der Waals surface area contributed by atoms with E-state index in [0.717, 1.165) is 43.9 Å². The highest BCUT2D eigenvalue weighted by molar-refractivity contribution is 5.42. The second kappa shape index (κ2) is 6.61. The lowest BCUT2D eigenvalue weighted by molar-refractivity contribution is 0.208. The van der Waals surface area contributed by atoms with Gasteiger partial charge in [0, 0.05) is 0 Å². The standard InChI is InChI=1S/C14H21NO3/c1-17-14-8-12(9-16)2-3-13(14)18-10-11-4-6-15-7-5-11/h2-3,8,11,15-16H,4-7,9-10H2,1H3. The van der Waals surface area contributed by atoms with Crippen molar-refractivity contribution in [3.05, 3.63) is 23.8 Å². The SMILES string of the molecule is COc1cc(CO)ccc1OCC1CCNCC1. The van der Waals surface area contributed by atoms with E-state index in [1.165, 1.54) is 0 Å². The molecule has 4 nitrogen and oxygen atoms in total. The predicted octanol–water partition coefficient (Wildman–Crippen LogP) is 1.57. The van der Waals surface area contributed by atoms with Crippen LogP contribution in [-0.4, -0.2) is 31.9 Å². The third-order valence-electron chi connectivity index (χ3n) is 3.34.